The van der Waals surface area contributed by atoms with Gasteiger partial charge < -0.3 is 5.73 Å². The minimum Gasteiger partial charge on any atom is -0.324 e. The predicted octanol–water partition coefficient (Wildman–Crippen LogP) is -0.466. The maximum atomic E-state index is 9.87. The molecule has 0 atom stereocenters. The highest BCUT2D eigenvalue weighted by atomic mass is 16.1. The van der Waals surface area contributed by atoms with Gasteiger partial charge in [-0.3, -0.25) is 4.79 Å². The summed E-state index contributed by atoms with van der Waals surface area (Å²) < 4.78 is 6.38. The molecule has 0 saturated carbocycles. The zero-order valence-electron chi connectivity index (χ0n) is 3.90. The lowest BCUT2D eigenvalue weighted by atomic mass is 10.5. The minimum absolute atomic E-state index is 0.00347. The van der Waals surface area contributed by atoms with Crippen molar-refractivity contribution in [1.82, 2.24) is 0 Å². The highest BCUT2D eigenvalue weighted by Crippen LogP contribution is 1.51. The van der Waals surface area contributed by atoms with Crippen LogP contribution in [0.25, 0.3) is 0 Å². The smallest absolute Gasteiger partial charge is 0.143 e. The maximum absolute atomic E-state index is 9.87. The van der Waals surface area contributed by atoms with Crippen LogP contribution >= 0.6 is 0 Å². The Bertz CT molecular complexity index is 48.8. The first-order valence-corrected chi connectivity index (χ1v) is 1.32. The Kier molecular flexibility index (Phi) is 1.08. The zero-order chi connectivity index (χ0) is 4.99. The summed E-state index contributed by atoms with van der Waals surface area (Å²) in [7, 11) is 0. The van der Waals surface area contributed by atoms with Crippen molar-refractivity contribution in [1.29, 1.82) is 0 Å². The van der Waals surface area contributed by atoms with Crippen molar-refractivity contribution in [3.63, 3.8) is 0 Å². The lowest BCUT2D eigenvalue weighted by Crippen LogP contribution is -2.07. The van der Waals surface area contributed by atoms with E-state index in [0.717, 1.165) is 0 Å². The summed E-state index contributed by atoms with van der Waals surface area (Å²) in [5.74, 6) is -0.213. The van der Waals surface area contributed by atoms with Crippen LogP contribution in [0.15, 0.2) is 0 Å². The molecule has 0 rings (SSSR count). The predicted molar refractivity (Wildman–Crippen MR) is 19.7 cm³/mol. The van der Waals surface area contributed by atoms with Crippen LogP contribution in [0.2, 0.25) is 0 Å². The third kappa shape index (κ3) is 3.63. The van der Waals surface area contributed by atoms with Crippen LogP contribution in [0.1, 0.15) is 8.27 Å². The van der Waals surface area contributed by atoms with Gasteiger partial charge in [0.05, 0.1) is 6.54 Å². The van der Waals surface area contributed by atoms with E-state index < -0.39 is 0 Å². The van der Waals surface area contributed by atoms with Crippen LogP contribution in [-0.4, -0.2) is 12.3 Å². The summed E-state index contributed by atoms with van der Waals surface area (Å²) >= 11 is 0. The molecule has 0 spiro atoms. The maximum Gasteiger partial charge on any atom is 0.143 e. The summed E-state index contributed by atoms with van der Waals surface area (Å²) in [6, 6.07) is 0. The molecule has 0 saturated heterocycles. The van der Waals surface area contributed by atoms with Crippen LogP contribution in [-0.2, 0) is 4.79 Å². The van der Waals surface area contributed by atoms with Gasteiger partial charge >= 0.3 is 0 Å². The summed E-state index contributed by atoms with van der Waals surface area (Å²) in [6.45, 7) is -0.181. The molecule has 0 aliphatic rings. The Morgan fingerprint density at radius 2 is 3.00 bits per heavy atom. The molecule has 30 valence electrons. The summed E-state index contributed by atoms with van der Waals surface area (Å²) in [5, 5.41) is 0. The lowest BCUT2D eigenvalue weighted by molar-refractivity contribution is -0.115. The fraction of sp³-hybridized carbons (Fsp3) is 0.667. The Morgan fingerprint density at radius 3 is 3.00 bits per heavy atom. The molecule has 0 aromatic heterocycles. The van der Waals surface area contributed by atoms with E-state index in [1.165, 1.54) is 0 Å². The molecule has 0 radical (unpaired) electrons. The molecule has 0 aromatic carbocycles. The SMILES string of the molecule is [3H]CC(=O)CN. The zero-order valence-corrected chi connectivity index (χ0v) is 2.90. The van der Waals surface area contributed by atoms with Crippen molar-refractivity contribution in [2.24, 2.45) is 5.73 Å². The Hall–Kier alpha value is -0.370. The fourth-order valence-corrected chi connectivity index (χ4v) is 0. The molecule has 0 heterocycles. The second-order valence-electron chi connectivity index (χ2n) is 0.743. The van der Waals surface area contributed by atoms with E-state index in [0.29, 0.717) is 0 Å². The minimum atomic E-state index is -0.213. The second-order valence-corrected chi connectivity index (χ2v) is 0.743. The van der Waals surface area contributed by atoms with E-state index in [4.69, 9.17) is 7.10 Å². The van der Waals surface area contributed by atoms with Crippen molar-refractivity contribution in [3.8, 4) is 0 Å². The first kappa shape index (κ1) is 2.85. The third-order valence-corrected chi connectivity index (χ3v) is 0.228. The van der Waals surface area contributed by atoms with Gasteiger partial charge in [-0.15, -0.1) is 0 Å². The number of ketones is 1. The Labute approximate surface area is 32.4 Å². The van der Waals surface area contributed by atoms with Crippen molar-refractivity contribution in [2.75, 3.05) is 6.54 Å². The topological polar surface area (TPSA) is 43.1 Å². The first-order chi connectivity index (χ1) is 2.81. The normalized spacial score (nSPS) is 10.2. The van der Waals surface area contributed by atoms with Gasteiger partial charge in [0.25, 0.3) is 0 Å². The first-order valence-electron chi connectivity index (χ1n) is 2.03. The summed E-state index contributed by atoms with van der Waals surface area (Å²) in [6.07, 6.45) is 0. The number of rotatable bonds is 1. The number of hydrogen-bond acceptors (Lipinski definition) is 2. The van der Waals surface area contributed by atoms with Crippen LogP contribution in [0.4, 0.5) is 0 Å². The molecule has 0 aromatic rings. The fourth-order valence-electron chi connectivity index (χ4n) is 0. The van der Waals surface area contributed by atoms with E-state index in [1.807, 2.05) is 0 Å². The number of hydrogen-bond donors (Lipinski definition) is 1. The number of nitrogens with two attached hydrogens (primary N) is 1. The van der Waals surface area contributed by atoms with E-state index in [1.54, 1.807) is 0 Å². The molecule has 0 fully saturated rings. The molecule has 2 nitrogen and oxygen atoms in total. The van der Waals surface area contributed by atoms with Crippen LogP contribution < -0.4 is 5.73 Å². The van der Waals surface area contributed by atoms with Gasteiger partial charge in [0, 0.05) is 1.37 Å². The van der Waals surface area contributed by atoms with Crippen LogP contribution in [0, 0.1) is 0 Å². The van der Waals surface area contributed by atoms with Crippen LogP contribution in [0.5, 0.6) is 0 Å². The van der Waals surface area contributed by atoms with Gasteiger partial charge in [-0.1, -0.05) is 0 Å². The van der Waals surface area contributed by atoms with Gasteiger partial charge in [-0.05, 0) is 6.90 Å². The molecule has 0 unspecified atom stereocenters. The standard InChI is InChI=1S/C3H7NO/c1-3(5)2-4/h2,4H2,1H3/i1T. The van der Waals surface area contributed by atoms with Gasteiger partial charge in [0.1, 0.15) is 5.78 Å². The lowest BCUT2D eigenvalue weighted by Gasteiger charge is -1.73. The van der Waals surface area contributed by atoms with Crippen LogP contribution in [0.3, 0.4) is 0 Å². The highest BCUT2D eigenvalue weighted by Gasteiger charge is 1.76. The van der Waals surface area contributed by atoms with E-state index >= 15 is 0 Å². The highest BCUT2D eigenvalue weighted by molar-refractivity contribution is 5.77. The molecule has 0 aliphatic carbocycles. The molecular formula is C3H7NO. The average molecular weight is 75.1 g/mol. The van der Waals surface area contributed by atoms with E-state index in [-0.39, 0.29) is 19.2 Å². The molecule has 5 heavy (non-hydrogen) atoms. The number of carbonyl (C=O) groups excluding carboxylic acids is 1. The second kappa shape index (κ2) is 1.91. The van der Waals surface area contributed by atoms with Crippen molar-refractivity contribution in [3.05, 3.63) is 0 Å². The van der Waals surface area contributed by atoms with Crippen molar-refractivity contribution in [2.45, 2.75) is 6.90 Å². The largest absolute Gasteiger partial charge is 0.324 e. The quantitative estimate of drug-likeness (QED) is 0.458. The summed E-state index contributed by atoms with van der Waals surface area (Å²) in [5.41, 5.74) is 4.81. The third-order valence-electron chi connectivity index (χ3n) is 0.228. The molecule has 2 N–H and O–H groups in total. The molecule has 0 bridgehead atoms. The molecule has 0 aliphatic heterocycles. The molecule has 0 amide bonds. The van der Waals surface area contributed by atoms with Crippen molar-refractivity contribution >= 4 is 5.78 Å². The van der Waals surface area contributed by atoms with Gasteiger partial charge in [0.2, 0.25) is 0 Å². The van der Waals surface area contributed by atoms with E-state index in [9.17, 15) is 4.79 Å². The van der Waals surface area contributed by atoms with Gasteiger partial charge in [-0.2, -0.15) is 0 Å². The average Bonchev–Trinajstić information content (AvgIpc) is 1.65. The summed E-state index contributed by atoms with van der Waals surface area (Å²) in [4.78, 5) is 9.87. The number of Topliss-reactive ketones (excluding diaryl/α,β-unsaturated/α-hetero) is 1. The molecular weight excluding hydrogens is 66.0 g/mol. The van der Waals surface area contributed by atoms with Gasteiger partial charge in [0.15, 0.2) is 0 Å². The molecule has 2 heteroatoms. The van der Waals surface area contributed by atoms with Crippen molar-refractivity contribution < 1.29 is 6.17 Å². The number of carbonyl (C=O) groups is 1. The monoisotopic (exact) mass is 75.1 g/mol. The Balaban J connectivity index is 2.99. The van der Waals surface area contributed by atoms with E-state index in [2.05, 4.69) is 0 Å². The van der Waals surface area contributed by atoms with Gasteiger partial charge in [-0.25, -0.2) is 0 Å². The Morgan fingerprint density at radius 1 is 2.40 bits per heavy atom.